The summed E-state index contributed by atoms with van der Waals surface area (Å²) < 4.78 is 1.37. The third-order valence-corrected chi connectivity index (χ3v) is 4.61. The van der Waals surface area contributed by atoms with E-state index in [1.54, 1.807) is 14.1 Å². The van der Waals surface area contributed by atoms with Crippen molar-refractivity contribution in [3.05, 3.63) is 51.9 Å². The number of thiophene rings is 1. The number of carbonyl (C=O) groups is 1. The molecule has 118 valence electrons. The lowest BCUT2D eigenvalue weighted by Gasteiger charge is -2.11. The Balaban J connectivity index is 2.13. The molecule has 0 aliphatic rings. The van der Waals surface area contributed by atoms with E-state index in [9.17, 15) is 9.59 Å². The van der Waals surface area contributed by atoms with Gasteiger partial charge in [0.1, 0.15) is 11.4 Å². The van der Waals surface area contributed by atoms with Crippen LogP contribution in [0.2, 0.25) is 0 Å². The molecule has 0 aliphatic carbocycles. The van der Waals surface area contributed by atoms with Gasteiger partial charge in [-0.25, -0.2) is 4.98 Å². The molecular weight excluding hydrogens is 310 g/mol. The number of hydrogen-bond donors (Lipinski definition) is 0. The van der Waals surface area contributed by atoms with Crippen molar-refractivity contribution in [3.8, 4) is 11.1 Å². The molecule has 0 saturated carbocycles. The van der Waals surface area contributed by atoms with Gasteiger partial charge in [0.05, 0.1) is 11.7 Å². The minimum absolute atomic E-state index is 0.00203. The van der Waals surface area contributed by atoms with Crippen molar-refractivity contribution >= 4 is 27.5 Å². The second-order valence-electron chi connectivity index (χ2n) is 5.66. The molecule has 23 heavy (non-hydrogen) atoms. The van der Waals surface area contributed by atoms with E-state index in [0.717, 1.165) is 11.1 Å². The number of hydrogen-bond acceptors (Lipinski definition) is 4. The summed E-state index contributed by atoms with van der Waals surface area (Å²) in [6.45, 7) is 2.02. The second-order valence-corrected chi connectivity index (χ2v) is 6.52. The van der Waals surface area contributed by atoms with Crippen molar-refractivity contribution in [2.24, 2.45) is 0 Å². The number of benzene rings is 1. The van der Waals surface area contributed by atoms with Crippen LogP contribution in [-0.4, -0.2) is 34.5 Å². The first-order chi connectivity index (χ1) is 11.0. The summed E-state index contributed by atoms with van der Waals surface area (Å²) in [5.41, 5.74) is 2.84. The Morgan fingerprint density at radius 3 is 2.61 bits per heavy atom. The van der Waals surface area contributed by atoms with Gasteiger partial charge >= 0.3 is 0 Å². The average molecular weight is 327 g/mol. The second kappa shape index (κ2) is 5.96. The minimum Gasteiger partial charge on any atom is -0.347 e. The zero-order chi connectivity index (χ0) is 16.6. The van der Waals surface area contributed by atoms with Gasteiger partial charge in [0.15, 0.2) is 0 Å². The maximum absolute atomic E-state index is 12.8. The first kappa shape index (κ1) is 15.4. The van der Waals surface area contributed by atoms with Crippen molar-refractivity contribution < 1.29 is 4.79 Å². The molecule has 0 unspecified atom stereocenters. The number of amides is 1. The molecule has 3 rings (SSSR count). The molecule has 0 saturated heterocycles. The summed E-state index contributed by atoms with van der Waals surface area (Å²) in [6.07, 6.45) is 1.45. The van der Waals surface area contributed by atoms with E-state index in [2.05, 4.69) is 4.98 Å². The topological polar surface area (TPSA) is 55.2 Å². The SMILES string of the molecule is Cc1ccc(-c2csc3ncn(CC(=O)N(C)C)c(=O)c23)cc1. The van der Waals surface area contributed by atoms with Crippen LogP contribution in [0.4, 0.5) is 0 Å². The Morgan fingerprint density at radius 2 is 1.96 bits per heavy atom. The van der Waals surface area contributed by atoms with Crippen molar-refractivity contribution in [3.63, 3.8) is 0 Å². The standard InChI is InChI=1S/C17H17N3O2S/c1-11-4-6-12(7-5-11)13-9-23-16-15(13)17(22)20(10-18-16)8-14(21)19(2)3/h4-7,9-10H,8H2,1-3H3. The van der Waals surface area contributed by atoms with Crippen LogP contribution in [0.5, 0.6) is 0 Å². The molecule has 2 heterocycles. The Hall–Kier alpha value is -2.47. The lowest BCUT2D eigenvalue weighted by molar-refractivity contribution is -0.129. The maximum Gasteiger partial charge on any atom is 0.263 e. The molecule has 0 radical (unpaired) electrons. The van der Waals surface area contributed by atoms with E-state index >= 15 is 0 Å². The van der Waals surface area contributed by atoms with E-state index in [4.69, 9.17) is 0 Å². The fraction of sp³-hybridized carbons (Fsp3) is 0.235. The van der Waals surface area contributed by atoms with Crippen LogP contribution in [-0.2, 0) is 11.3 Å². The number of fused-ring (bicyclic) bond motifs is 1. The van der Waals surface area contributed by atoms with Gasteiger partial charge in [-0.1, -0.05) is 29.8 Å². The number of aromatic nitrogens is 2. The molecule has 0 fully saturated rings. The maximum atomic E-state index is 12.8. The number of rotatable bonds is 3. The van der Waals surface area contributed by atoms with Gasteiger partial charge in [0.2, 0.25) is 5.91 Å². The van der Waals surface area contributed by atoms with E-state index in [-0.39, 0.29) is 18.0 Å². The third kappa shape index (κ3) is 2.90. The van der Waals surface area contributed by atoms with Crippen LogP contribution in [0, 0.1) is 6.92 Å². The van der Waals surface area contributed by atoms with Gasteiger partial charge < -0.3 is 4.90 Å². The molecule has 0 N–H and O–H groups in total. The average Bonchev–Trinajstić information content (AvgIpc) is 2.95. The Kier molecular flexibility index (Phi) is 4.00. The highest BCUT2D eigenvalue weighted by atomic mass is 32.1. The predicted octanol–water partition coefficient (Wildman–Crippen LogP) is 2.52. The molecule has 0 atom stereocenters. The molecule has 0 bridgehead atoms. The van der Waals surface area contributed by atoms with Crippen LogP contribution >= 0.6 is 11.3 Å². The van der Waals surface area contributed by atoms with Crippen LogP contribution < -0.4 is 5.56 Å². The van der Waals surface area contributed by atoms with Crippen LogP contribution in [0.3, 0.4) is 0 Å². The molecule has 2 aromatic heterocycles. The molecule has 6 heteroatoms. The summed E-state index contributed by atoms with van der Waals surface area (Å²) in [7, 11) is 3.34. The summed E-state index contributed by atoms with van der Waals surface area (Å²) in [5.74, 6) is -0.139. The molecular formula is C17H17N3O2S. The van der Waals surface area contributed by atoms with Gasteiger partial charge in [-0.3, -0.25) is 14.2 Å². The quantitative estimate of drug-likeness (QED) is 0.743. The first-order valence-corrected chi connectivity index (χ1v) is 8.09. The fourth-order valence-corrected chi connectivity index (χ4v) is 3.22. The van der Waals surface area contributed by atoms with E-state index in [0.29, 0.717) is 10.2 Å². The van der Waals surface area contributed by atoms with Crippen LogP contribution in [0.25, 0.3) is 21.3 Å². The van der Waals surface area contributed by atoms with E-state index < -0.39 is 0 Å². The number of likely N-dealkylation sites (N-methyl/N-ethyl adjacent to an activating group) is 1. The molecule has 0 spiro atoms. The van der Waals surface area contributed by atoms with Gasteiger partial charge in [-0.2, -0.15) is 0 Å². The summed E-state index contributed by atoms with van der Waals surface area (Å²) >= 11 is 1.44. The summed E-state index contributed by atoms with van der Waals surface area (Å²) in [6, 6.07) is 8.03. The molecule has 1 amide bonds. The predicted molar refractivity (Wildman–Crippen MR) is 92.7 cm³/mol. The van der Waals surface area contributed by atoms with Crippen molar-refractivity contribution in [2.45, 2.75) is 13.5 Å². The minimum atomic E-state index is -0.179. The first-order valence-electron chi connectivity index (χ1n) is 7.21. The fourth-order valence-electron chi connectivity index (χ4n) is 2.31. The normalized spacial score (nSPS) is 10.9. The Bertz CT molecular complexity index is 923. The van der Waals surface area contributed by atoms with Crippen molar-refractivity contribution in [1.29, 1.82) is 0 Å². The summed E-state index contributed by atoms with van der Waals surface area (Å²) in [4.78, 5) is 31.1. The van der Waals surface area contributed by atoms with Gasteiger partial charge in [0, 0.05) is 25.0 Å². The number of nitrogens with zero attached hydrogens (tertiary/aromatic N) is 3. The van der Waals surface area contributed by atoms with Crippen molar-refractivity contribution in [2.75, 3.05) is 14.1 Å². The lowest BCUT2D eigenvalue weighted by Crippen LogP contribution is -2.31. The monoisotopic (exact) mass is 327 g/mol. The lowest BCUT2D eigenvalue weighted by atomic mass is 10.1. The highest BCUT2D eigenvalue weighted by molar-refractivity contribution is 7.17. The van der Waals surface area contributed by atoms with E-state index in [1.807, 2.05) is 36.6 Å². The summed E-state index contributed by atoms with van der Waals surface area (Å²) in [5, 5.41) is 2.52. The van der Waals surface area contributed by atoms with Crippen LogP contribution in [0.1, 0.15) is 5.56 Å². The molecule has 5 nitrogen and oxygen atoms in total. The van der Waals surface area contributed by atoms with Gasteiger partial charge in [-0.15, -0.1) is 11.3 Å². The number of aryl methyl sites for hydroxylation is 1. The smallest absolute Gasteiger partial charge is 0.263 e. The van der Waals surface area contributed by atoms with Crippen LogP contribution in [0.15, 0.2) is 40.8 Å². The van der Waals surface area contributed by atoms with E-state index in [1.165, 1.54) is 32.7 Å². The molecule has 1 aromatic carbocycles. The highest BCUT2D eigenvalue weighted by Gasteiger charge is 2.15. The molecule has 0 aliphatic heterocycles. The van der Waals surface area contributed by atoms with Crippen molar-refractivity contribution in [1.82, 2.24) is 14.5 Å². The largest absolute Gasteiger partial charge is 0.347 e. The molecule has 3 aromatic rings. The Morgan fingerprint density at radius 1 is 1.26 bits per heavy atom. The van der Waals surface area contributed by atoms with Gasteiger partial charge in [-0.05, 0) is 12.5 Å². The highest BCUT2D eigenvalue weighted by Crippen LogP contribution is 2.30. The zero-order valence-electron chi connectivity index (χ0n) is 13.2. The third-order valence-electron chi connectivity index (χ3n) is 3.73. The zero-order valence-corrected chi connectivity index (χ0v) is 14.1. The Labute approximate surface area is 137 Å². The number of carbonyl (C=O) groups excluding carboxylic acids is 1. The van der Waals surface area contributed by atoms with Gasteiger partial charge in [0.25, 0.3) is 5.56 Å².